The van der Waals surface area contributed by atoms with Gasteiger partial charge in [-0.2, -0.15) is 5.10 Å². The maximum absolute atomic E-state index is 13.9. The molecule has 0 N–H and O–H groups in total. The van der Waals surface area contributed by atoms with Gasteiger partial charge in [-0.1, -0.05) is 42.5 Å². The molecule has 1 aromatic heterocycles. The first-order valence-electron chi connectivity index (χ1n) is 12.9. The highest BCUT2D eigenvalue weighted by atomic mass is 16.5. The molecule has 2 heterocycles. The van der Waals surface area contributed by atoms with Crippen molar-refractivity contribution < 1.29 is 19.0 Å². The fourth-order valence-corrected chi connectivity index (χ4v) is 4.80. The second-order valence-corrected chi connectivity index (χ2v) is 9.59. The van der Waals surface area contributed by atoms with E-state index in [0.29, 0.717) is 30.3 Å². The summed E-state index contributed by atoms with van der Waals surface area (Å²) in [6.07, 6.45) is 1.92. The van der Waals surface area contributed by atoms with E-state index < -0.39 is 0 Å². The second kappa shape index (κ2) is 11.5. The monoisotopic (exact) mass is 511 g/mol. The van der Waals surface area contributed by atoms with E-state index >= 15 is 0 Å². The van der Waals surface area contributed by atoms with Crippen molar-refractivity contribution in [3.63, 3.8) is 0 Å². The minimum absolute atomic E-state index is 0.00446. The lowest BCUT2D eigenvalue weighted by atomic mass is 10.1. The standard InChI is InChI=1S/C31H33N3O4/c1-22-9-7-12-26(19-22)38-31-28(29(32-33(31)2)23-10-5-4-6-11-23)21-34(20-27-13-8-18-37-27)30(35)24-14-16-25(36-3)17-15-24/h4-7,9-12,14-17,19,27H,8,13,18,20-21H2,1-3H3. The van der Waals surface area contributed by atoms with E-state index in [1.54, 1.807) is 23.9 Å². The van der Waals surface area contributed by atoms with Gasteiger partial charge in [0.1, 0.15) is 17.2 Å². The van der Waals surface area contributed by atoms with Gasteiger partial charge in [-0.25, -0.2) is 4.68 Å². The van der Waals surface area contributed by atoms with Crippen molar-refractivity contribution in [2.75, 3.05) is 20.3 Å². The first kappa shape index (κ1) is 25.5. The molecule has 7 nitrogen and oxygen atoms in total. The highest BCUT2D eigenvalue weighted by Crippen LogP contribution is 2.35. The molecule has 5 rings (SSSR count). The number of amides is 1. The summed E-state index contributed by atoms with van der Waals surface area (Å²) in [7, 11) is 3.49. The van der Waals surface area contributed by atoms with E-state index in [4.69, 9.17) is 19.3 Å². The van der Waals surface area contributed by atoms with Crippen LogP contribution in [0.25, 0.3) is 11.3 Å². The SMILES string of the molecule is COc1ccc(C(=O)N(Cc2c(-c3ccccc3)nn(C)c2Oc2cccc(C)c2)CC2CCCO2)cc1. The number of nitrogens with zero attached hydrogens (tertiary/aromatic N) is 3. The fraction of sp³-hybridized carbons (Fsp3) is 0.290. The normalized spacial score (nSPS) is 14.9. The highest BCUT2D eigenvalue weighted by Gasteiger charge is 2.28. The minimum atomic E-state index is -0.0764. The summed E-state index contributed by atoms with van der Waals surface area (Å²) in [6.45, 7) is 3.56. The number of hydrogen-bond acceptors (Lipinski definition) is 5. The third-order valence-electron chi connectivity index (χ3n) is 6.76. The molecule has 1 saturated heterocycles. The zero-order chi connectivity index (χ0) is 26.5. The molecule has 0 bridgehead atoms. The van der Waals surface area contributed by atoms with Crippen LogP contribution in [-0.2, 0) is 18.3 Å². The van der Waals surface area contributed by atoms with Crippen LogP contribution >= 0.6 is 0 Å². The molecule has 1 aliphatic rings. The summed E-state index contributed by atoms with van der Waals surface area (Å²) in [5.74, 6) is 1.96. The van der Waals surface area contributed by atoms with Gasteiger partial charge in [0, 0.05) is 31.3 Å². The van der Waals surface area contributed by atoms with Crippen molar-refractivity contribution in [3.8, 4) is 28.6 Å². The minimum Gasteiger partial charge on any atom is -0.497 e. The van der Waals surface area contributed by atoms with Crippen LogP contribution < -0.4 is 9.47 Å². The van der Waals surface area contributed by atoms with Gasteiger partial charge in [-0.3, -0.25) is 4.79 Å². The van der Waals surface area contributed by atoms with Crippen molar-refractivity contribution in [1.82, 2.24) is 14.7 Å². The Kier molecular flexibility index (Phi) is 7.75. The molecule has 1 amide bonds. The number of aryl methyl sites for hydroxylation is 2. The van der Waals surface area contributed by atoms with E-state index in [0.717, 1.165) is 47.6 Å². The van der Waals surface area contributed by atoms with Gasteiger partial charge in [0.25, 0.3) is 5.91 Å². The molecule has 196 valence electrons. The van der Waals surface area contributed by atoms with E-state index in [1.165, 1.54) is 0 Å². The Bertz CT molecular complexity index is 1380. The van der Waals surface area contributed by atoms with E-state index in [1.807, 2.05) is 85.6 Å². The molecule has 1 fully saturated rings. The lowest BCUT2D eigenvalue weighted by molar-refractivity contribution is 0.0506. The summed E-state index contributed by atoms with van der Waals surface area (Å²) in [4.78, 5) is 15.7. The molecule has 0 saturated carbocycles. The highest BCUT2D eigenvalue weighted by molar-refractivity contribution is 5.94. The van der Waals surface area contributed by atoms with Crippen molar-refractivity contribution >= 4 is 5.91 Å². The van der Waals surface area contributed by atoms with Crippen molar-refractivity contribution in [3.05, 3.63) is 95.6 Å². The predicted molar refractivity (Wildman–Crippen MR) is 147 cm³/mol. The summed E-state index contributed by atoms with van der Waals surface area (Å²) >= 11 is 0. The van der Waals surface area contributed by atoms with Gasteiger partial charge < -0.3 is 19.1 Å². The van der Waals surface area contributed by atoms with Crippen LogP contribution in [0.1, 0.15) is 34.3 Å². The Hall–Kier alpha value is -4.10. The van der Waals surface area contributed by atoms with Crippen LogP contribution in [0.3, 0.4) is 0 Å². The van der Waals surface area contributed by atoms with Gasteiger partial charge in [0.15, 0.2) is 0 Å². The number of hydrogen-bond donors (Lipinski definition) is 0. The van der Waals surface area contributed by atoms with Crippen LogP contribution in [0.15, 0.2) is 78.9 Å². The zero-order valence-electron chi connectivity index (χ0n) is 22.1. The van der Waals surface area contributed by atoms with E-state index in [2.05, 4.69) is 0 Å². The molecule has 4 aromatic rings. The fourth-order valence-electron chi connectivity index (χ4n) is 4.80. The first-order valence-corrected chi connectivity index (χ1v) is 12.9. The Labute approximate surface area is 223 Å². The summed E-state index contributed by atoms with van der Waals surface area (Å²) in [5.41, 5.74) is 4.29. The number of carbonyl (C=O) groups excluding carboxylic acids is 1. The van der Waals surface area contributed by atoms with Crippen LogP contribution in [0.5, 0.6) is 17.4 Å². The number of benzene rings is 3. The molecule has 1 atom stereocenters. The van der Waals surface area contributed by atoms with Gasteiger partial charge >= 0.3 is 0 Å². The lowest BCUT2D eigenvalue weighted by Gasteiger charge is -2.26. The molecular formula is C31H33N3O4. The van der Waals surface area contributed by atoms with Crippen LogP contribution in [0, 0.1) is 6.92 Å². The topological polar surface area (TPSA) is 65.8 Å². The number of aromatic nitrogens is 2. The largest absolute Gasteiger partial charge is 0.497 e. The molecule has 0 spiro atoms. The molecule has 38 heavy (non-hydrogen) atoms. The zero-order valence-corrected chi connectivity index (χ0v) is 22.1. The number of rotatable bonds is 9. The molecule has 7 heteroatoms. The Morgan fingerprint density at radius 1 is 1.05 bits per heavy atom. The lowest BCUT2D eigenvalue weighted by Crippen LogP contribution is -2.37. The smallest absolute Gasteiger partial charge is 0.254 e. The first-order chi connectivity index (χ1) is 18.5. The molecule has 0 aliphatic carbocycles. The van der Waals surface area contributed by atoms with Gasteiger partial charge in [0.05, 0.1) is 25.3 Å². The third kappa shape index (κ3) is 5.73. The number of carbonyl (C=O) groups is 1. The Balaban J connectivity index is 1.55. The molecule has 3 aromatic carbocycles. The third-order valence-corrected chi connectivity index (χ3v) is 6.76. The van der Waals surface area contributed by atoms with E-state index in [-0.39, 0.29) is 12.0 Å². The Morgan fingerprint density at radius 3 is 2.53 bits per heavy atom. The maximum Gasteiger partial charge on any atom is 0.254 e. The van der Waals surface area contributed by atoms with Gasteiger partial charge in [-0.05, 0) is 61.7 Å². The molecule has 0 radical (unpaired) electrons. The average molecular weight is 512 g/mol. The molecule has 1 aliphatic heterocycles. The summed E-state index contributed by atoms with van der Waals surface area (Å²) in [6, 6.07) is 25.1. The molecule has 1 unspecified atom stereocenters. The maximum atomic E-state index is 13.9. The van der Waals surface area contributed by atoms with E-state index in [9.17, 15) is 4.79 Å². The number of methoxy groups -OCH3 is 1. The molecular weight excluding hydrogens is 478 g/mol. The van der Waals surface area contributed by atoms with Crippen LogP contribution in [-0.4, -0.2) is 47.0 Å². The van der Waals surface area contributed by atoms with Crippen LogP contribution in [0.2, 0.25) is 0 Å². The Morgan fingerprint density at radius 2 is 1.84 bits per heavy atom. The quantitative estimate of drug-likeness (QED) is 0.275. The van der Waals surface area contributed by atoms with Crippen molar-refractivity contribution in [2.45, 2.75) is 32.4 Å². The summed E-state index contributed by atoms with van der Waals surface area (Å²) in [5, 5.41) is 4.84. The van der Waals surface area contributed by atoms with Crippen molar-refractivity contribution in [2.24, 2.45) is 7.05 Å². The predicted octanol–water partition coefficient (Wildman–Crippen LogP) is 6.02. The van der Waals surface area contributed by atoms with Crippen molar-refractivity contribution in [1.29, 1.82) is 0 Å². The summed E-state index contributed by atoms with van der Waals surface area (Å²) < 4.78 is 19.4. The number of ether oxygens (including phenoxy) is 3. The average Bonchev–Trinajstić information content (AvgIpc) is 3.56. The van der Waals surface area contributed by atoms with Crippen LogP contribution in [0.4, 0.5) is 0 Å². The van der Waals surface area contributed by atoms with Gasteiger partial charge in [-0.15, -0.1) is 0 Å². The second-order valence-electron chi connectivity index (χ2n) is 9.59. The van der Waals surface area contributed by atoms with Gasteiger partial charge in [0.2, 0.25) is 5.88 Å².